The van der Waals surface area contributed by atoms with Crippen LogP contribution < -0.4 is 10.3 Å². The molecule has 0 atom stereocenters. The molecular formula is C7H8N2O2. The number of fused-ring (bicyclic) bond motifs is 1. The fraction of sp³-hybridized carbons (Fsp3) is 0.429. The van der Waals surface area contributed by atoms with Gasteiger partial charge in [0, 0.05) is 11.6 Å². The number of aromatic amines is 1. The van der Waals surface area contributed by atoms with E-state index >= 15 is 0 Å². The molecule has 2 rings (SSSR count). The average Bonchev–Trinajstić information content (AvgIpc) is 2.04. The number of H-pyrrole nitrogens is 1. The van der Waals surface area contributed by atoms with Crippen LogP contribution in [0.3, 0.4) is 0 Å². The van der Waals surface area contributed by atoms with Crippen molar-refractivity contribution in [1.29, 1.82) is 0 Å². The molecule has 58 valence electrons. The predicted molar refractivity (Wildman–Crippen MR) is 38.7 cm³/mol. The van der Waals surface area contributed by atoms with Crippen LogP contribution >= 0.6 is 0 Å². The van der Waals surface area contributed by atoms with Gasteiger partial charge in [-0.05, 0) is 12.8 Å². The monoisotopic (exact) mass is 152 g/mol. The Labute approximate surface area is 63.2 Å². The molecule has 0 amide bonds. The first-order chi connectivity index (χ1) is 5.36. The highest BCUT2D eigenvalue weighted by Crippen LogP contribution is 2.17. The van der Waals surface area contributed by atoms with Crippen LogP contribution in [-0.2, 0) is 6.42 Å². The molecule has 0 unspecified atom stereocenters. The maximum absolute atomic E-state index is 10.8. The van der Waals surface area contributed by atoms with Crippen LogP contribution in [0.5, 0.6) is 5.88 Å². The Balaban J connectivity index is 2.51. The highest BCUT2D eigenvalue weighted by atomic mass is 16.5. The first-order valence-corrected chi connectivity index (χ1v) is 3.58. The third-order valence-corrected chi connectivity index (χ3v) is 1.68. The molecule has 2 heterocycles. The second kappa shape index (κ2) is 2.38. The summed E-state index contributed by atoms with van der Waals surface area (Å²) >= 11 is 0. The summed E-state index contributed by atoms with van der Waals surface area (Å²) in [6, 6.07) is 1.54. The van der Waals surface area contributed by atoms with Crippen molar-refractivity contribution in [2.45, 2.75) is 12.8 Å². The zero-order valence-corrected chi connectivity index (χ0v) is 5.96. The average molecular weight is 152 g/mol. The van der Waals surface area contributed by atoms with Crippen molar-refractivity contribution in [3.05, 3.63) is 22.0 Å². The van der Waals surface area contributed by atoms with E-state index in [-0.39, 0.29) is 5.56 Å². The standard InChI is InChI=1S/C7H8N2O2/c10-6-4-5-2-1-3-11-7(5)9-8-6/h4H,1-3H2,(H,8,10). The van der Waals surface area contributed by atoms with Crippen LogP contribution in [0, 0.1) is 0 Å². The van der Waals surface area contributed by atoms with Crippen LogP contribution in [0.1, 0.15) is 12.0 Å². The molecule has 1 aromatic heterocycles. The van der Waals surface area contributed by atoms with E-state index in [1.54, 1.807) is 6.07 Å². The first-order valence-electron chi connectivity index (χ1n) is 3.58. The van der Waals surface area contributed by atoms with Crippen LogP contribution in [0.25, 0.3) is 0 Å². The number of ether oxygens (including phenoxy) is 1. The summed E-state index contributed by atoms with van der Waals surface area (Å²) in [4.78, 5) is 10.8. The Morgan fingerprint density at radius 3 is 3.45 bits per heavy atom. The zero-order valence-electron chi connectivity index (χ0n) is 5.96. The minimum absolute atomic E-state index is 0.158. The van der Waals surface area contributed by atoms with Crippen molar-refractivity contribution in [3.63, 3.8) is 0 Å². The smallest absolute Gasteiger partial charge is 0.264 e. The number of hydrogen-bond acceptors (Lipinski definition) is 3. The van der Waals surface area contributed by atoms with E-state index in [1.165, 1.54) is 0 Å². The van der Waals surface area contributed by atoms with Gasteiger partial charge in [-0.1, -0.05) is 0 Å². The second-order valence-corrected chi connectivity index (χ2v) is 2.51. The summed E-state index contributed by atoms with van der Waals surface area (Å²) < 4.78 is 5.20. The number of nitrogens with one attached hydrogen (secondary N) is 1. The molecule has 1 aliphatic heterocycles. The van der Waals surface area contributed by atoms with Gasteiger partial charge in [0.05, 0.1) is 6.61 Å². The van der Waals surface area contributed by atoms with Gasteiger partial charge in [0.25, 0.3) is 5.56 Å². The van der Waals surface area contributed by atoms with E-state index in [4.69, 9.17) is 4.74 Å². The quantitative estimate of drug-likeness (QED) is 0.573. The van der Waals surface area contributed by atoms with E-state index in [2.05, 4.69) is 10.2 Å². The van der Waals surface area contributed by atoms with Crippen molar-refractivity contribution >= 4 is 0 Å². The largest absolute Gasteiger partial charge is 0.476 e. The minimum atomic E-state index is -0.158. The summed E-state index contributed by atoms with van der Waals surface area (Å²) in [6.45, 7) is 0.700. The fourth-order valence-corrected chi connectivity index (χ4v) is 1.17. The number of hydrogen-bond donors (Lipinski definition) is 1. The highest BCUT2D eigenvalue weighted by Gasteiger charge is 2.10. The molecule has 0 bridgehead atoms. The first kappa shape index (κ1) is 6.39. The molecule has 1 N–H and O–H groups in total. The lowest BCUT2D eigenvalue weighted by Crippen LogP contribution is -2.16. The van der Waals surface area contributed by atoms with Crippen molar-refractivity contribution in [1.82, 2.24) is 10.2 Å². The molecule has 0 fully saturated rings. The Hall–Kier alpha value is -1.32. The van der Waals surface area contributed by atoms with E-state index in [9.17, 15) is 4.79 Å². The fourth-order valence-electron chi connectivity index (χ4n) is 1.17. The molecule has 11 heavy (non-hydrogen) atoms. The lowest BCUT2D eigenvalue weighted by atomic mass is 10.1. The lowest BCUT2D eigenvalue weighted by molar-refractivity contribution is 0.272. The van der Waals surface area contributed by atoms with Crippen LogP contribution in [-0.4, -0.2) is 16.8 Å². The van der Waals surface area contributed by atoms with Gasteiger partial charge in [0.15, 0.2) is 0 Å². The van der Waals surface area contributed by atoms with E-state index in [0.29, 0.717) is 12.5 Å². The lowest BCUT2D eigenvalue weighted by Gasteiger charge is -2.13. The summed E-state index contributed by atoms with van der Waals surface area (Å²) in [7, 11) is 0. The number of rotatable bonds is 0. The maximum Gasteiger partial charge on any atom is 0.264 e. The predicted octanol–water partition coefficient (Wildman–Crippen LogP) is 0.0949. The van der Waals surface area contributed by atoms with Crippen molar-refractivity contribution < 1.29 is 4.74 Å². The number of aromatic nitrogens is 2. The van der Waals surface area contributed by atoms with Crippen molar-refractivity contribution in [3.8, 4) is 5.88 Å². The molecule has 0 saturated carbocycles. The molecule has 0 aliphatic carbocycles. The van der Waals surface area contributed by atoms with Crippen LogP contribution in [0.15, 0.2) is 10.9 Å². The van der Waals surface area contributed by atoms with Crippen LogP contribution in [0.2, 0.25) is 0 Å². The Morgan fingerprint density at radius 1 is 1.64 bits per heavy atom. The third kappa shape index (κ3) is 1.11. The second-order valence-electron chi connectivity index (χ2n) is 2.51. The number of nitrogens with zero attached hydrogens (tertiary/aromatic N) is 1. The Morgan fingerprint density at radius 2 is 2.55 bits per heavy atom. The van der Waals surface area contributed by atoms with E-state index in [1.807, 2.05) is 0 Å². The van der Waals surface area contributed by atoms with Gasteiger partial charge in [-0.2, -0.15) is 0 Å². The molecule has 1 aromatic rings. The Kier molecular flexibility index (Phi) is 1.38. The van der Waals surface area contributed by atoms with Crippen molar-refractivity contribution in [2.24, 2.45) is 0 Å². The van der Waals surface area contributed by atoms with Gasteiger partial charge >= 0.3 is 0 Å². The van der Waals surface area contributed by atoms with Gasteiger partial charge in [-0.3, -0.25) is 4.79 Å². The van der Waals surface area contributed by atoms with Gasteiger partial charge < -0.3 is 4.74 Å². The summed E-state index contributed by atoms with van der Waals surface area (Å²) in [5, 5.41) is 6.09. The topological polar surface area (TPSA) is 55.0 Å². The van der Waals surface area contributed by atoms with Gasteiger partial charge in [0.1, 0.15) is 0 Å². The van der Waals surface area contributed by atoms with Gasteiger partial charge in [-0.25, -0.2) is 5.10 Å². The molecule has 0 aromatic carbocycles. The molecular weight excluding hydrogens is 144 g/mol. The number of aryl methyl sites for hydroxylation is 1. The summed E-state index contributed by atoms with van der Waals surface area (Å²) in [5.41, 5.74) is 0.759. The molecule has 4 heteroatoms. The molecule has 0 radical (unpaired) electrons. The van der Waals surface area contributed by atoms with Gasteiger partial charge in [0.2, 0.25) is 5.88 Å². The SMILES string of the molecule is O=c1cc2c(n[nH]1)OCCC2. The summed E-state index contributed by atoms with van der Waals surface area (Å²) in [5.74, 6) is 0.579. The van der Waals surface area contributed by atoms with Gasteiger partial charge in [-0.15, -0.1) is 5.10 Å². The Bertz CT molecular complexity index is 318. The normalized spacial score (nSPS) is 15.3. The van der Waals surface area contributed by atoms with E-state index in [0.717, 1.165) is 18.4 Å². The van der Waals surface area contributed by atoms with Crippen molar-refractivity contribution in [2.75, 3.05) is 6.61 Å². The maximum atomic E-state index is 10.8. The molecule has 4 nitrogen and oxygen atoms in total. The minimum Gasteiger partial charge on any atom is -0.476 e. The van der Waals surface area contributed by atoms with Crippen LogP contribution in [0.4, 0.5) is 0 Å². The summed E-state index contributed by atoms with van der Waals surface area (Å²) in [6.07, 6.45) is 1.87. The molecule has 0 spiro atoms. The highest BCUT2D eigenvalue weighted by molar-refractivity contribution is 5.24. The zero-order chi connectivity index (χ0) is 7.68. The molecule has 0 saturated heterocycles. The third-order valence-electron chi connectivity index (χ3n) is 1.68. The molecule has 1 aliphatic rings. The van der Waals surface area contributed by atoms with E-state index < -0.39 is 0 Å².